The number of fused-ring (bicyclic) bond motifs is 2. The van der Waals surface area contributed by atoms with Crippen LogP contribution in [-0.4, -0.2) is 19.3 Å². The lowest BCUT2D eigenvalue weighted by Crippen LogP contribution is -2.01. The molecule has 3 aromatic heterocycles. The second-order valence-electron chi connectivity index (χ2n) is 5.53. The van der Waals surface area contributed by atoms with Crippen molar-refractivity contribution in [3.63, 3.8) is 0 Å². The molecule has 0 saturated heterocycles. The van der Waals surface area contributed by atoms with Gasteiger partial charge in [-0.15, -0.1) is 0 Å². The first-order valence-electron chi connectivity index (χ1n) is 7.51. The van der Waals surface area contributed by atoms with Gasteiger partial charge in [0, 0.05) is 34.4 Å². The van der Waals surface area contributed by atoms with Gasteiger partial charge in [-0.25, -0.2) is 9.97 Å². The van der Waals surface area contributed by atoms with E-state index in [-0.39, 0.29) is 5.69 Å². The number of nitrogens with zero attached hydrogens (tertiary/aromatic N) is 4. The van der Waals surface area contributed by atoms with Gasteiger partial charge < -0.3 is 9.72 Å². The van der Waals surface area contributed by atoms with Gasteiger partial charge in [0.1, 0.15) is 11.5 Å². The van der Waals surface area contributed by atoms with Crippen LogP contribution in [0.2, 0.25) is 0 Å². The van der Waals surface area contributed by atoms with E-state index >= 15 is 0 Å². The van der Waals surface area contributed by atoms with Gasteiger partial charge in [-0.3, -0.25) is 10.1 Å². The molecule has 124 valence electrons. The van der Waals surface area contributed by atoms with Gasteiger partial charge in [-0.2, -0.15) is 0 Å². The molecule has 0 amide bonds. The third-order valence-corrected chi connectivity index (χ3v) is 4.27. The van der Waals surface area contributed by atoms with Crippen LogP contribution in [0.1, 0.15) is 5.69 Å². The van der Waals surface area contributed by atoms with Crippen molar-refractivity contribution in [3.8, 4) is 0 Å². The summed E-state index contributed by atoms with van der Waals surface area (Å²) in [5.41, 5.74) is 2.53. The molecule has 0 bridgehead atoms. The maximum Gasteiger partial charge on any atom is 0.270 e. The fourth-order valence-electron chi connectivity index (χ4n) is 2.61. The van der Waals surface area contributed by atoms with Gasteiger partial charge in [0.15, 0.2) is 0 Å². The number of nitrogens with one attached hydrogen (secondary N) is 1. The number of imidazole rings is 1. The Bertz CT molecular complexity index is 1110. The number of aromatic nitrogens is 3. The van der Waals surface area contributed by atoms with Gasteiger partial charge in [0.05, 0.1) is 22.7 Å². The Kier molecular flexibility index (Phi) is 3.81. The first-order valence-corrected chi connectivity index (χ1v) is 8.30. The first kappa shape index (κ1) is 15.5. The zero-order valence-electron chi connectivity index (χ0n) is 12.9. The Morgan fingerprint density at radius 1 is 1.12 bits per heavy atom. The normalized spacial score (nSPS) is 11.1. The molecule has 0 aliphatic carbocycles. The molecular formula is C17H12BrN5O2. The van der Waals surface area contributed by atoms with Crippen LogP contribution < -0.4 is 5.32 Å². The lowest BCUT2D eigenvalue weighted by Gasteiger charge is -2.05. The van der Waals surface area contributed by atoms with Crippen molar-refractivity contribution in [2.45, 2.75) is 6.54 Å². The van der Waals surface area contributed by atoms with E-state index in [1.807, 2.05) is 35.0 Å². The van der Waals surface area contributed by atoms with Crippen LogP contribution in [0.3, 0.4) is 0 Å². The van der Waals surface area contributed by atoms with E-state index in [2.05, 4.69) is 31.2 Å². The molecule has 0 aliphatic rings. The van der Waals surface area contributed by atoms with E-state index in [4.69, 9.17) is 0 Å². The number of hydrogen-bond acceptors (Lipinski definition) is 5. The average Bonchev–Trinajstić information content (AvgIpc) is 3.01. The molecule has 0 saturated carbocycles. The van der Waals surface area contributed by atoms with Crippen molar-refractivity contribution in [3.05, 3.63) is 75.1 Å². The van der Waals surface area contributed by atoms with E-state index < -0.39 is 4.92 Å². The van der Waals surface area contributed by atoms with Gasteiger partial charge in [-0.05, 0) is 46.3 Å². The van der Waals surface area contributed by atoms with Gasteiger partial charge in [0.2, 0.25) is 0 Å². The summed E-state index contributed by atoms with van der Waals surface area (Å²) >= 11 is 3.44. The number of nitro benzene ring substituents is 1. The lowest BCUT2D eigenvalue weighted by atomic mass is 10.2. The minimum absolute atomic E-state index is 0.0610. The van der Waals surface area contributed by atoms with Crippen molar-refractivity contribution in [1.82, 2.24) is 14.4 Å². The summed E-state index contributed by atoms with van der Waals surface area (Å²) < 4.78 is 2.94. The number of rotatable bonds is 4. The summed E-state index contributed by atoms with van der Waals surface area (Å²) in [6.07, 6.45) is 3.91. The molecule has 8 heteroatoms. The maximum absolute atomic E-state index is 10.8. The number of hydrogen-bond donors (Lipinski definition) is 1. The SMILES string of the molecule is O=[N+]([O-])c1ccc2nc(NCc3cn4cc(Br)ccc4n3)ccc2c1. The summed E-state index contributed by atoms with van der Waals surface area (Å²) in [4.78, 5) is 19.4. The summed E-state index contributed by atoms with van der Waals surface area (Å²) in [6.45, 7) is 0.533. The maximum atomic E-state index is 10.8. The third-order valence-electron chi connectivity index (χ3n) is 3.80. The quantitative estimate of drug-likeness (QED) is 0.412. The Labute approximate surface area is 150 Å². The van der Waals surface area contributed by atoms with Crippen LogP contribution in [0.5, 0.6) is 0 Å². The largest absolute Gasteiger partial charge is 0.364 e. The first-order chi connectivity index (χ1) is 12.1. The molecule has 7 nitrogen and oxygen atoms in total. The number of pyridine rings is 2. The van der Waals surface area contributed by atoms with Crippen molar-refractivity contribution in [2.24, 2.45) is 0 Å². The molecule has 0 atom stereocenters. The molecule has 4 rings (SSSR count). The standard InChI is InChI=1S/C17H12BrN5O2/c18-12-2-6-17-20-13(10-22(17)9-12)8-19-16-5-1-11-7-14(23(24)25)3-4-15(11)21-16/h1-7,9-10H,8H2,(H,19,21). The highest BCUT2D eigenvalue weighted by molar-refractivity contribution is 9.10. The van der Waals surface area contributed by atoms with Crippen LogP contribution >= 0.6 is 15.9 Å². The highest BCUT2D eigenvalue weighted by Gasteiger charge is 2.08. The Morgan fingerprint density at radius 3 is 2.84 bits per heavy atom. The zero-order valence-corrected chi connectivity index (χ0v) is 14.5. The van der Waals surface area contributed by atoms with Crippen LogP contribution in [-0.2, 0) is 6.54 Å². The minimum atomic E-state index is -0.409. The molecule has 0 aliphatic heterocycles. The predicted octanol–water partition coefficient (Wildman–Crippen LogP) is 4.17. The van der Waals surface area contributed by atoms with Crippen LogP contribution in [0, 0.1) is 10.1 Å². The minimum Gasteiger partial charge on any atom is -0.364 e. The average molecular weight is 398 g/mol. The molecule has 1 N–H and O–H groups in total. The predicted molar refractivity (Wildman–Crippen MR) is 98.6 cm³/mol. The number of non-ortho nitro benzene ring substituents is 1. The van der Waals surface area contributed by atoms with E-state index in [0.29, 0.717) is 17.9 Å². The fraction of sp³-hybridized carbons (Fsp3) is 0.0588. The number of halogens is 1. The highest BCUT2D eigenvalue weighted by atomic mass is 79.9. The molecule has 0 fully saturated rings. The molecule has 0 spiro atoms. The number of nitro groups is 1. The van der Waals surface area contributed by atoms with Crippen LogP contribution in [0.4, 0.5) is 11.5 Å². The van der Waals surface area contributed by atoms with Gasteiger partial charge >= 0.3 is 0 Å². The second-order valence-corrected chi connectivity index (χ2v) is 6.44. The molecule has 0 radical (unpaired) electrons. The molecule has 0 unspecified atom stereocenters. The van der Waals surface area contributed by atoms with Crippen molar-refractivity contribution < 1.29 is 4.92 Å². The molecule has 25 heavy (non-hydrogen) atoms. The Morgan fingerprint density at radius 2 is 2.00 bits per heavy atom. The molecule has 1 aromatic carbocycles. The summed E-state index contributed by atoms with van der Waals surface area (Å²) in [5.74, 6) is 0.694. The van der Waals surface area contributed by atoms with Crippen molar-refractivity contribution >= 4 is 44.0 Å². The third kappa shape index (κ3) is 3.16. The number of benzene rings is 1. The zero-order chi connectivity index (χ0) is 17.4. The van der Waals surface area contributed by atoms with Gasteiger partial charge in [0.25, 0.3) is 5.69 Å². The Hall–Kier alpha value is -3.00. The Balaban J connectivity index is 1.55. The summed E-state index contributed by atoms with van der Waals surface area (Å²) in [6, 6.07) is 12.1. The number of anilines is 1. The lowest BCUT2D eigenvalue weighted by molar-refractivity contribution is -0.384. The van der Waals surface area contributed by atoms with Crippen molar-refractivity contribution in [1.29, 1.82) is 0 Å². The van der Waals surface area contributed by atoms with Crippen LogP contribution in [0.15, 0.2) is 59.3 Å². The molecular weight excluding hydrogens is 386 g/mol. The van der Waals surface area contributed by atoms with E-state index in [1.165, 1.54) is 12.1 Å². The van der Waals surface area contributed by atoms with E-state index in [9.17, 15) is 10.1 Å². The smallest absolute Gasteiger partial charge is 0.270 e. The molecule has 3 heterocycles. The van der Waals surface area contributed by atoms with E-state index in [1.54, 1.807) is 12.1 Å². The topological polar surface area (TPSA) is 85.4 Å². The second kappa shape index (κ2) is 6.14. The van der Waals surface area contributed by atoms with E-state index in [0.717, 1.165) is 21.2 Å². The van der Waals surface area contributed by atoms with Crippen molar-refractivity contribution in [2.75, 3.05) is 5.32 Å². The van der Waals surface area contributed by atoms with Gasteiger partial charge in [-0.1, -0.05) is 0 Å². The molecule has 4 aromatic rings. The monoisotopic (exact) mass is 397 g/mol. The fourth-order valence-corrected chi connectivity index (χ4v) is 2.96. The summed E-state index contributed by atoms with van der Waals surface area (Å²) in [7, 11) is 0. The van der Waals surface area contributed by atoms with Crippen LogP contribution in [0.25, 0.3) is 16.6 Å². The highest BCUT2D eigenvalue weighted by Crippen LogP contribution is 2.21. The summed E-state index contributed by atoms with van der Waals surface area (Å²) in [5, 5.41) is 14.8.